The lowest BCUT2D eigenvalue weighted by atomic mass is 9.83. The highest BCUT2D eigenvalue weighted by molar-refractivity contribution is 5.79. The van der Waals surface area contributed by atoms with Gasteiger partial charge in [0.15, 0.2) is 5.96 Å². The van der Waals surface area contributed by atoms with E-state index in [0.717, 1.165) is 43.0 Å². The van der Waals surface area contributed by atoms with E-state index in [9.17, 15) is 0 Å². The molecule has 0 unspecified atom stereocenters. The summed E-state index contributed by atoms with van der Waals surface area (Å²) in [5, 5.41) is 8.01. The molecule has 0 saturated heterocycles. The lowest BCUT2D eigenvalue weighted by molar-refractivity contribution is 0.250. The molecule has 1 aliphatic rings. The van der Waals surface area contributed by atoms with Gasteiger partial charge in [0.25, 0.3) is 0 Å². The standard InChI is InChI=1S/C19H35N5/c1-14-7-9-17(10-8-14)13-23(5)19(20-4)21-12-11-18-15(2)22-24(6)16(18)3/h14,17H,7-13H2,1-6H3,(H,20,21). The largest absolute Gasteiger partial charge is 0.356 e. The first-order chi connectivity index (χ1) is 11.4. The smallest absolute Gasteiger partial charge is 0.193 e. The molecule has 0 aromatic carbocycles. The molecule has 2 rings (SSSR count). The number of hydrogen-bond donors (Lipinski definition) is 1. The summed E-state index contributed by atoms with van der Waals surface area (Å²) in [5.74, 6) is 2.73. The van der Waals surface area contributed by atoms with Gasteiger partial charge in [-0.1, -0.05) is 19.8 Å². The Bertz CT molecular complexity index is 552. The number of aliphatic imine (C=N–C) groups is 1. The second-order valence-electron chi connectivity index (χ2n) is 7.50. The zero-order chi connectivity index (χ0) is 17.7. The summed E-state index contributed by atoms with van der Waals surface area (Å²) in [5.41, 5.74) is 3.75. The first kappa shape index (κ1) is 18.8. The molecule has 0 spiro atoms. The first-order valence-electron chi connectivity index (χ1n) is 9.33. The summed E-state index contributed by atoms with van der Waals surface area (Å²) in [6.07, 6.45) is 6.46. The van der Waals surface area contributed by atoms with Crippen molar-refractivity contribution in [2.45, 2.75) is 52.9 Å². The molecule has 5 heteroatoms. The van der Waals surface area contributed by atoms with Crippen LogP contribution >= 0.6 is 0 Å². The second kappa shape index (κ2) is 8.54. The number of nitrogens with zero attached hydrogens (tertiary/aromatic N) is 4. The van der Waals surface area contributed by atoms with Gasteiger partial charge < -0.3 is 10.2 Å². The minimum Gasteiger partial charge on any atom is -0.356 e. The van der Waals surface area contributed by atoms with E-state index in [2.05, 4.69) is 48.1 Å². The Hall–Kier alpha value is -1.52. The molecule has 136 valence electrons. The van der Waals surface area contributed by atoms with E-state index < -0.39 is 0 Å². The van der Waals surface area contributed by atoms with Crippen molar-refractivity contribution >= 4 is 5.96 Å². The molecule has 0 aliphatic heterocycles. The van der Waals surface area contributed by atoms with Crippen molar-refractivity contribution in [3.63, 3.8) is 0 Å². The molecule has 0 radical (unpaired) electrons. The normalized spacial score (nSPS) is 21.8. The summed E-state index contributed by atoms with van der Waals surface area (Å²) >= 11 is 0. The van der Waals surface area contributed by atoms with Crippen molar-refractivity contribution in [1.29, 1.82) is 0 Å². The van der Waals surface area contributed by atoms with E-state index >= 15 is 0 Å². The van der Waals surface area contributed by atoms with Crippen molar-refractivity contribution < 1.29 is 0 Å². The Kier molecular flexibility index (Phi) is 6.69. The zero-order valence-corrected chi connectivity index (χ0v) is 16.4. The Morgan fingerprint density at radius 3 is 2.50 bits per heavy atom. The Labute approximate surface area is 147 Å². The van der Waals surface area contributed by atoms with Crippen LogP contribution in [-0.2, 0) is 13.5 Å². The summed E-state index contributed by atoms with van der Waals surface area (Å²) in [6, 6.07) is 0. The predicted molar refractivity (Wildman–Crippen MR) is 101 cm³/mol. The van der Waals surface area contributed by atoms with Gasteiger partial charge in [0.1, 0.15) is 0 Å². The van der Waals surface area contributed by atoms with Crippen LogP contribution in [0.25, 0.3) is 0 Å². The quantitative estimate of drug-likeness (QED) is 0.666. The number of aromatic nitrogens is 2. The zero-order valence-electron chi connectivity index (χ0n) is 16.4. The van der Waals surface area contributed by atoms with Crippen LogP contribution < -0.4 is 5.32 Å². The average molecular weight is 334 g/mol. The van der Waals surface area contributed by atoms with E-state index in [0.29, 0.717) is 0 Å². The monoisotopic (exact) mass is 333 g/mol. The summed E-state index contributed by atoms with van der Waals surface area (Å²) < 4.78 is 1.97. The molecule has 1 aliphatic carbocycles. The van der Waals surface area contributed by atoms with Crippen LogP contribution in [0.1, 0.15) is 49.6 Å². The van der Waals surface area contributed by atoms with Crippen molar-refractivity contribution in [3.8, 4) is 0 Å². The summed E-state index contributed by atoms with van der Waals surface area (Å²) in [6.45, 7) is 8.61. The molecule has 1 N–H and O–H groups in total. The number of rotatable bonds is 5. The second-order valence-corrected chi connectivity index (χ2v) is 7.50. The molecule has 5 nitrogen and oxygen atoms in total. The highest BCUT2D eigenvalue weighted by Crippen LogP contribution is 2.28. The van der Waals surface area contributed by atoms with E-state index in [1.54, 1.807) is 0 Å². The van der Waals surface area contributed by atoms with Crippen LogP contribution in [0.2, 0.25) is 0 Å². The molecular formula is C19H35N5. The molecular weight excluding hydrogens is 298 g/mol. The average Bonchev–Trinajstić information content (AvgIpc) is 2.79. The molecule has 0 bridgehead atoms. The lowest BCUT2D eigenvalue weighted by Crippen LogP contribution is -2.42. The fraction of sp³-hybridized carbons (Fsp3) is 0.789. The van der Waals surface area contributed by atoms with Crippen LogP contribution in [0.4, 0.5) is 0 Å². The molecule has 0 amide bonds. The molecule has 0 atom stereocenters. The van der Waals surface area contributed by atoms with Gasteiger partial charge >= 0.3 is 0 Å². The van der Waals surface area contributed by atoms with Gasteiger partial charge in [-0.25, -0.2) is 0 Å². The van der Waals surface area contributed by atoms with Gasteiger partial charge in [0, 0.05) is 39.9 Å². The molecule has 24 heavy (non-hydrogen) atoms. The molecule has 1 heterocycles. The number of hydrogen-bond acceptors (Lipinski definition) is 2. The van der Waals surface area contributed by atoms with Gasteiger partial charge in [-0.05, 0) is 50.5 Å². The van der Waals surface area contributed by atoms with Gasteiger partial charge in [-0.15, -0.1) is 0 Å². The topological polar surface area (TPSA) is 45.5 Å². The Morgan fingerprint density at radius 2 is 1.96 bits per heavy atom. The highest BCUT2D eigenvalue weighted by atomic mass is 15.3. The van der Waals surface area contributed by atoms with E-state index in [4.69, 9.17) is 0 Å². The van der Waals surface area contributed by atoms with E-state index in [-0.39, 0.29) is 0 Å². The van der Waals surface area contributed by atoms with Crippen molar-refractivity contribution in [2.24, 2.45) is 23.9 Å². The SMILES string of the molecule is CN=C(NCCc1c(C)nn(C)c1C)N(C)CC1CCC(C)CC1. The maximum atomic E-state index is 4.50. The third kappa shape index (κ3) is 4.74. The number of guanidine groups is 1. The fourth-order valence-electron chi connectivity index (χ4n) is 3.85. The lowest BCUT2D eigenvalue weighted by Gasteiger charge is -2.31. The maximum absolute atomic E-state index is 4.50. The minimum atomic E-state index is 0.813. The summed E-state index contributed by atoms with van der Waals surface area (Å²) in [4.78, 5) is 6.76. The summed E-state index contributed by atoms with van der Waals surface area (Å²) in [7, 11) is 6.05. The molecule has 1 fully saturated rings. The van der Waals surface area contributed by atoms with Gasteiger partial charge in [-0.3, -0.25) is 9.67 Å². The van der Waals surface area contributed by atoms with Crippen LogP contribution in [0.3, 0.4) is 0 Å². The first-order valence-corrected chi connectivity index (χ1v) is 9.33. The predicted octanol–water partition coefficient (Wildman–Crippen LogP) is 2.91. The number of nitrogens with one attached hydrogen (secondary N) is 1. The highest BCUT2D eigenvalue weighted by Gasteiger charge is 2.20. The third-order valence-electron chi connectivity index (χ3n) is 5.56. The van der Waals surface area contributed by atoms with Crippen molar-refractivity contribution in [1.82, 2.24) is 20.0 Å². The fourth-order valence-corrected chi connectivity index (χ4v) is 3.85. The van der Waals surface area contributed by atoms with Crippen LogP contribution in [0.5, 0.6) is 0 Å². The van der Waals surface area contributed by atoms with E-state index in [1.165, 1.54) is 36.9 Å². The van der Waals surface area contributed by atoms with Gasteiger partial charge in [-0.2, -0.15) is 5.10 Å². The number of aryl methyl sites for hydroxylation is 2. The van der Waals surface area contributed by atoms with Crippen LogP contribution in [0.15, 0.2) is 4.99 Å². The minimum absolute atomic E-state index is 0.813. The molecule has 1 aromatic heterocycles. The maximum Gasteiger partial charge on any atom is 0.193 e. The Morgan fingerprint density at radius 1 is 1.29 bits per heavy atom. The molecule has 1 aromatic rings. The molecule has 1 saturated carbocycles. The van der Waals surface area contributed by atoms with Crippen molar-refractivity contribution in [2.75, 3.05) is 27.2 Å². The van der Waals surface area contributed by atoms with Gasteiger partial charge in [0.05, 0.1) is 5.69 Å². The van der Waals surface area contributed by atoms with E-state index in [1.807, 2.05) is 18.8 Å². The van der Waals surface area contributed by atoms with Crippen LogP contribution in [0, 0.1) is 25.7 Å². The van der Waals surface area contributed by atoms with Crippen LogP contribution in [-0.4, -0.2) is 47.8 Å². The third-order valence-corrected chi connectivity index (χ3v) is 5.56. The van der Waals surface area contributed by atoms with Gasteiger partial charge in [0.2, 0.25) is 0 Å². The Balaban J connectivity index is 1.81. The van der Waals surface area contributed by atoms with Crippen molar-refractivity contribution in [3.05, 3.63) is 17.0 Å².